The van der Waals surface area contributed by atoms with Gasteiger partial charge in [-0.3, -0.25) is 4.79 Å². The Morgan fingerprint density at radius 3 is 1.50 bits per heavy atom. The molecule has 0 saturated carbocycles. The SMILES string of the molecule is [N-]=[N+]=Cc1ccc2ccccc2c1C(=O)c1c(C=[N+]=[N-])ccc2ccccc12. The zero-order valence-corrected chi connectivity index (χ0v) is 14.8. The maximum Gasteiger partial charge on any atom is 0.288 e. The molecule has 0 aromatic heterocycles. The number of hydrogen-bond donors (Lipinski definition) is 0. The first-order chi connectivity index (χ1) is 13.7. The van der Waals surface area contributed by atoms with E-state index in [1.807, 2.05) is 60.7 Å². The quantitative estimate of drug-likeness (QED) is 0.227. The van der Waals surface area contributed by atoms with Crippen LogP contribution in [0.5, 0.6) is 0 Å². The molecule has 5 heteroatoms. The predicted molar refractivity (Wildman–Crippen MR) is 109 cm³/mol. The summed E-state index contributed by atoms with van der Waals surface area (Å²) in [7, 11) is 0. The van der Waals surface area contributed by atoms with E-state index < -0.39 is 0 Å². The molecule has 0 spiro atoms. The second-order valence-electron chi connectivity index (χ2n) is 6.32. The number of ketones is 1. The Kier molecular flexibility index (Phi) is 4.45. The van der Waals surface area contributed by atoms with Gasteiger partial charge in [-0.2, -0.15) is 9.58 Å². The van der Waals surface area contributed by atoms with Crippen LogP contribution >= 0.6 is 0 Å². The molecular weight excluding hydrogens is 348 g/mol. The lowest BCUT2D eigenvalue weighted by Crippen LogP contribution is -2.10. The van der Waals surface area contributed by atoms with Gasteiger partial charge in [-0.25, -0.2) is 0 Å². The minimum atomic E-state index is -0.238. The summed E-state index contributed by atoms with van der Waals surface area (Å²) < 4.78 is 0. The molecule has 5 nitrogen and oxygen atoms in total. The van der Waals surface area contributed by atoms with Crippen LogP contribution < -0.4 is 0 Å². The number of carbonyl (C=O) groups is 1. The van der Waals surface area contributed by atoms with Gasteiger partial charge in [-0.05, 0) is 33.7 Å². The Hall–Kier alpha value is -4.17. The van der Waals surface area contributed by atoms with E-state index in [4.69, 9.17) is 11.1 Å². The van der Waals surface area contributed by atoms with Gasteiger partial charge in [0.1, 0.15) is 0 Å². The van der Waals surface area contributed by atoms with Gasteiger partial charge < -0.3 is 11.1 Å². The van der Waals surface area contributed by atoms with Gasteiger partial charge in [0.15, 0.2) is 5.78 Å². The summed E-state index contributed by atoms with van der Waals surface area (Å²) in [6.07, 6.45) is 2.51. The molecule has 0 aliphatic rings. The van der Waals surface area contributed by atoms with Crippen molar-refractivity contribution in [2.75, 3.05) is 0 Å². The van der Waals surface area contributed by atoms with Crippen molar-refractivity contribution < 1.29 is 14.4 Å². The summed E-state index contributed by atoms with van der Waals surface area (Å²) in [5.74, 6) is -0.238. The van der Waals surface area contributed by atoms with Gasteiger partial charge in [0.05, 0.1) is 11.1 Å². The number of carbonyl (C=O) groups excluding carboxylic acids is 1. The van der Waals surface area contributed by atoms with Crippen molar-refractivity contribution in [3.8, 4) is 0 Å². The molecule has 4 aromatic rings. The van der Waals surface area contributed by atoms with Gasteiger partial charge in [-0.1, -0.05) is 60.7 Å². The molecule has 0 bridgehead atoms. The van der Waals surface area contributed by atoms with Crippen LogP contribution in [0.1, 0.15) is 27.0 Å². The summed E-state index contributed by atoms with van der Waals surface area (Å²) in [6, 6.07) is 22.3. The Labute approximate surface area is 160 Å². The Morgan fingerprint density at radius 1 is 0.643 bits per heavy atom. The van der Waals surface area contributed by atoms with E-state index in [9.17, 15) is 4.79 Å². The molecule has 0 saturated heterocycles. The lowest BCUT2D eigenvalue weighted by atomic mass is 9.88. The highest BCUT2D eigenvalue weighted by Gasteiger charge is 2.23. The van der Waals surface area contributed by atoms with Crippen LogP contribution in [0.3, 0.4) is 0 Å². The van der Waals surface area contributed by atoms with Crippen LogP contribution in [0.15, 0.2) is 72.8 Å². The molecule has 4 rings (SSSR count). The molecule has 28 heavy (non-hydrogen) atoms. The van der Waals surface area contributed by atoms with Crippen LogP contribution in [0.2, 0.25) is 0 Å². The van der Waals surface area contributed by atoms with Crippen molar-refractivity contribution in [1.29, 1.82) is 0 Å². The van der Waals surface area contributed by atoms with E-state index in [1.165, 1.54) is 12.4 Å². The second kappa shape index (κ2) is 7.22. The van der Waals surface area contributed by atoms with Crippen molar-refractivity contribution in [2.45, 2.75) is 0 Å². The normalized spacial score (nSPS) is 10.3. The Morgan fingerprint density at radius 2 is 1.07 bits per heavy atom. The van der Waals surface area contributed by atoms with Gasteiger partial charge in [0.25, 0.3) is 12.4 Å². The third-order valence-electron chi connectivity index (χ3n) is 4.77. The van der Waals surface area contributed by atoms with Crippen LogP contribution in [0, 0.1) is 0 Å². The largest absolute Gasteiger partial charge is 0.361 e. The number of fused-ring (bicyclic) bond motifs is 2. The summed E-state index contributed by atoms with van der Waals surface area (Å²) in [5.41, 5.74) is 20.0. The number of rotatable bonds is 4. The molecule has 0 heterocycles. The molecular formula is C23H14N4O. The van der Waals surface area contributed by atoms with Gasteiger partial charge in [-0.15, -0.1) is 0 Å². The zero-order chi connectivity index (χ0) is 19.5. The van der Waals surface area contributed by atoms with E-state index in [-0.39, 0.29) is 5.78 Å². The average molecular weight is 362 g/mol. The van der Waals surface area contributed by atoms with E-state index in [1.54, 1.807) is 12.1 Å². The molecule has 0 atom stereocenters. The minimum absolute atomic E-state index is 0.238. The first-order valence-electron chi connectivity index (χ1n) is 8.67. The molecule has 0 amide bonds. The topological polar surface area (TPSA) is 89.9 Å². The fraction of sp³-hybridized carbons (Fsp3) is 0. The molecule has 0 N–H and O–H groups in total. The first-order valence-corrected chi connectivity index (χ1v) is 8.67. The maximum absolute atomic E-state index is 13.8. The van der Waals surface area contributed by atoms with Crippen LogP contribution in [-0.4, -0.2) is 27.8 Å². The summed E-state index contributed by atoms with van der Waals surface area (Å²) >= 11 is 0. The minimum Gasteiger partial charge on any atom is -0.361 e. The Bertz CT molecular complexity index is 1240. The van der Waals surface area contributed by atoms with Crippen molar-refractivity contribution in [3.05, 3.63) is 106 Å². The molecule has 4 aromatic carbocycles. The van der Waals surface area contributed by atoms with E-state index in [2.05, 4.69) is 9.58 Å². The molecule has 0 fully saturated rings. The number of hydrogen-bond acceptors (Lipinski definition) is 1. The van der Waals surface area contributed by atoms with Crippen molar-refractivity contribution in [3.63, 3.8) is 0 Å². The van der Waals surface area contributed by atoms with E-state index >= 15 is 0 Å². The molecule has 0 aliphatic heterocycles. The maximum atomic E-state index is 13.8. The summed E-state index contributed by atoms with van der Waals surface area (Å²) in [4.78, 5) is 20.0. The monoisotopic (exact) mass is 362 g/mol. The fourth-order valence-electron chi connectivity index (χ4n) is 3.55. The van der Waals surface area contributed by atoms with Crippen molar-refractivity contribution in [2.24, 2.45) is 0 Å². The molecule has 0 aliphatic carbocycles. The summed E-state index contributed by atoms with van der Waals surface area (Å²) in [5, 5.41) is 3.31. The lowest BCUT2D eigenvalue weighted by molar-refractivity contribution is 0.00418. The highest BCUT2D eigenvalue weighted by atomic mass is 16.1. The van der Waals surface area contributed by atoms with E-state index in [0.29, 0.717) is 22.3 Å². The molecule has 0 unspecified atom stereocenters. The summed E-state index contributed by atoms with van der Waals surface area (Å²) in [6.45, 7) is 0. The van der Waals surface area contributed by atoms with Crippen LogP contribution in [0.25, 0.3) is 32.6 Å². The Balaban J connectivity index is 2.11. The second-order valence-corrected chi connectivity index (χ2v) is 6.32. The first kappa shape index (κ1) is 17.3. The van der Waals surface area contributed by atoms with Gasteiger partial charge in [0.2, 0.25) is 0 Å². The highest BCUT2D eigenvalue weighted by Crippen LogP contribution is 2.29. The fourth-order valence-corrected chi connectivity index (χ4v) is 3.55. The van der Waals surface area contributed by atoms with Gasteiger partial charge in [0, 0.05) is 11.1 Å². The molecule has 0 radical (unpaired) electrons. The average Bonchev–Trinajstić information content (AvgIpc) is 2.73. The third-order valence-corrected chi connectivity index (χ3v) is 4.77. The van der Waals surface area contributed by atoms with Crippen molar-refractivity contribution in [1.82, 2.24) is 0 Å². The molecule has 132 valence electrons. The predicted octanol–water partition coefficient (Wildman–Crippen LogP) is 4.52. The van der Waals surface area contributed by atoms with Crippen molar-refractivity contribution >= 4 is 39.8 Å². The zero-order valence-electron chi connectivity index (χ0n) is 14.8. The van der Waals surface area contributed by atoms with Gasteiger partial charge >= 0.3 is 0 Å². The highest BCUT2D eigenvalue weighted by molar-refractivity contribution is 6.26. The number of nitrogens with zero attached hydrogens (tertiary/aromatic N) is 4. The van der Waals surface area contributed by atoms with E-state index in [0.717, 1.165) is 21.5 Å². The number of benzene rings is 4. The van der Waals surface area contributed by atoms with Crippen LogP contribution in [0.4, 0.5) is 0 Å². The third kappa shape index (κ3) is 2.83. The lowest BCUT2D eigenvalue weighted by Gasteiger charge is -2.11. The standard InChI is InChI=1S/C23H14N4O/c24-26-13-17-11-9-15-5-1-3-7-19(15)21(17)23(28)22-18(14-27-25)12-10-16-6-2-4-8-20(16)22/h1-14H. The van der Waals surface area contributed by atoms with Crippen LogP contribution in [-0.2, 0) is 0 Å². The smallest absolute Gasteiger partial charge is 0.288 e.